The van der Waals surface area contributed by atoms with Gasteiger partial charge in [-0.05, 0) is 25.6 Å². The first-order valence-corrected chi connectivity index (χ1v) is 6.45. The lowest BCUT2D eigenvalue weighted by molar-refractivity contribution is -0.137. The van der Waals surface area contributed by atoms with Crippen LogP contribution in [0.1, 0.15) is 18.4 Å². The van der Waals surface area contributed by atoms with Gasteiger partial charge in [0.2, 0.25) is 0 Å². The van der Waals surface area contributed by atoms with Gasteiger partial charge < -0.3 is 20.5 Å². The molecule has 1 aromatic carbocycles. The normalized spacial score (nSPS) is 11.7. The molecule has 1 aromatic rings. The molecule has 0 heterocycles. The minimum Gasteiger partial charge on any atom is -0.481 e. The topological polar surface area (TPSA) is 87.7 Å². The molecule has 0 radical (unpaired) electrons. The van der Waals surface area contributed by atoms with Gasteiger partial charge in [-0.1, -0.05) is 30.3 Å². The Kier molecular flexibility index (Phi) is 7.13. The SMILES string of the molecule is CNCC[C@@H](CC(=O)O)NC(=O)OCc1ccccc1. The second-order valence-corrected chi connectivity index (χ2v) is 4.39. The van der Waals surface area contributed by atoms with E-state index in [1.54, 1.807) is 7.05 Å². The maximum Gasteiger partial charge on any atom is 0.407 e. The van der Waals surface area contributed by atoms with Gasteiger partial charge in [0.1, 0.15) is 6.61 Å². The minimum atomic E-state index is -0.950. The van der Waals surface area contributed by atoms with E-state index in [4.69, 9.17) is 9.84 Å². The second kappa shape index (κ2) is 8.92. The molecular weight excluding hydrogens is 260 g/mol. The molecule has 1 atom stereocenters. The van der Waals surface area contributed by atoms with Gasteiger partial charge in [-0.2, -0.15) is 0 Å². The third-order valence-electron chi connectivity index (χ3n) is 2.70. The predicted octanol–water partition coefficient (Wildman–Crippen LogP) is 1.37. The van der Waals surface area contributed by atoms with Crippen LogP contribution < -0.4 is 10.6 Å². The molecule has 0 aliphatic carbocycles. The largest absolute Gasteiger partial charge is 0.481 e. The molecule has 0 aliphatic rings. The van der Waals surface area contributed by atoms with E-state index in [0.717, 1.165) is 5.56 Å². The van der Waals surface area contributed by atoms with E-state index in [-0.39, 0.29) is 13.0 Å². The Bertz CT molecular complexity index is 422. The number of hydrogen-bond donors (Lipinski definition) is 3. The molecule has 110 valence electrons. The molecule has 1 rings (SSSR count). The number of carboxylic acids is 1. The van der Waals surface area contributed by atoms with E-state index in [1.165, 1.54) is 0 Å². The summed E-state index contributed by atoms with van der Waals surface area (Å²) in [6.45, 7) is 0.787. The van der Waals surface area contributed by atoms with Crippen LogP contribution in [0.25, 0.3) is 0 Å². The van der Waals surface area contributed by atoms with Gasteiger partial charge in [0.15, 0.2) is 0 Å². The number of hydrogen-bond acceptors (Lipinski definition) is 4. The maximum atomic E-state index is 11.6. The summed E-state index contributed by atoms with van der Waals surface area (Å²) in [5.74, 6) is -0.950. The van der Waals surface area contributed by atoms with Gasteiger partial charge in [0.25, 0.3) is 0 Å². The fraction of sp³-hybridized carbons (Fsp3) is 0.429. The van der Waals surface area contributed by atoms with Crippen LogP contribution in [-0.2, 0) is 16.1 Å². The first kappa shape index (κ1) is 16.0. The van der Waals surface area contributed by atoms with Crippen LogP contribution in [0.15, 0.2) is 30.3 Å². The van der Waals surface area contributed by atoms with Gasteiger partial charge >= 0.3 is 12.1 Å². The van der Waals surface area contributed by atoms with Crippen LogP contribution in [-0.4, -0.2) is 36.8 Å². The van der Waals surface area contributed by atoms with Gasteiger partial charge in [0, 0.05) is 6.04 Å². The fourth-order valence-corrected chi connectivity index (χ4v) is 1.69. The fourth-order valence-electron chi connectivity index (χ4n) is 1.69. The van der Waals surface area contributed by atoms with Gasteiger partial charge in [0.05, 0.1) is 6.42 Å². The molecule has 6 heteroatoms. The molecule has 20 heavy (non-hydrogen) atoms. The van der Waals surface area contributed by atoms with E-state index < -0.39 is 18.1 Å². The Hall–Kier alpha value is -2.08. The van der Waals surface area contributed by atoms with Crippen molar-refractivity contribution >= 4 is 12.1 Å². The number of carbonyl (C=O) groups excluding carboxylic acids is 1. The minimum absolute atomic E-state index is 0.123. The highest BCUT2D eigenvalue weighted by atomic mass is 16.5. The monoisotopic (exact) mass is 280 g/mol. The zero-order valence-electron chi connectivity index (χ0n) is 11.5. The van der Waals surface area contributed by atoms with E-state index in [0.29, 0.717) is 13.0 Å². The first-order valence-electron chi connectivity index (χ1n) is 6.45. The summed E-state index contributed by atoms with van der Waals surface area (Å²) in [6.07, 6.45) is -0.193. The smallest absolute Gasteiger partial charge is 0.407 e. The van der Waals surface area contributed by atoms with Crippen molar-refractivity contribution in [2.75, 3.05) is 13.6 Å². The van der Waals surface area contributed by atoms with Crippen molar-refractivity contribution in [3.63, 3.8) is 0 Å². The lowest BCUT2D eigenvalue weighted by Gasteiger charge is -2.16. The summed E-state index contributed by atoms with van der Waals surface area (Å²) < 4.78 is 5.06. The van der Waals surface area contributed by atoms with Crippen molar-refractivity contribution in [2.45, 2.75) is 25.5 Å². The van der Waals surface area contributed by atoms with Crippen LogP contribution >= 0.6 is 0 Å². The van der Waals surface area contributed by atoms with Crippen molar-refractivity contribution in [2.24, 2.45) is 0 Å². The second-order valence-electron chi connectivity index (χ2n) is 4.39. The van der Waals surface area contributed by atoms with Crippen LogP contribution in [0.5, 0.6) is 0 Å². The summed E-state index contributed by atoms with van der Waals surface area (Å²) in [5, 5.41) is 14.3. The number of carboxylic acid groups (broad SMARTS) is 1. The Morgan fingerprint density at radius 2 is 2.00 bits per heavy atom. The van der Waals surface area contributed by atoms with Crippen molar-refractivity contribution in [1.82, 2.24) is 10.6 Å². The number of benzene rings is 1. The molecule has 0 unspecified atom stereocenters. The molecule has 0 saturated heterocycles. The summed E-state index contributed by atoms with van der Waals surface area (Å²) in [7, 11) is 1.77. The van der Waals surface area contributed by atoms with Gasteiger partial charge in [-0.25, -0.2) is 4.79 Å². The number of rotatable bonds is 8. The van der Waals surface area contributed by atoms with E-state index in [9.17, 15) is 9.59 Å². The number of carbonyl (C=O) groups is 2. The molecule has 0 aromatic heterocycles. The van der Waals surface area contributed by atoms with Crippen molar-refractivity contribution in [3.8, 4) is 0 Å². The zero-order chi connectivity index (χ0) is 14.8. The Morgan fingerprint density at radius 3 is 2.60 bits per heavy atom. The van der Waals surface area contributed by atoms with E-state index in [1.807, 2.05) is 30.3 Å². The highest BCUT2D eigenvalue weighted by Gasteiger charge is 2.16. The molecule has 0 fully saturated rings. The average molecular weight is 280 g/mol. The van der Waals surface area contributed by atoms with Crippen LogP contribution in [0, 0.1) is 0 Å². The lowest BCUT2D eigenvalue weighted by Crippen LogP contribution is -2.38. The third kappa shape index (κ3) is 6.75. The Balaban J connectivity index is 2.38. The number of alkyl carbamates (subject to hydrolysis) is 1. The number of nitrogens with one attached hydrogen (secondary N) is 2. The molecule has 0 spiro atoms. The molecular formula is C14H20N2O4. The highest BCUT2D eigenvalue weighted by Crippen LogP contribution is 2.02. The number of amides is 1. The van der Waals surface area contributed by atoms with Crippen molar-refractivity contribution in [3.05, 3.63) is 35.9 Å². The van der Waals surface area contributed by atoms with Crippen LogP contribution in [0.2, 0.25) is 0 Å². The summed E-state index contributed by atoms with van der Waals surface area (Å²) in [5.41, 5.74) is 0.882. The van der Waals surface area contributed by atoms with Crippen LogP contribution in [0.3, 0.4) is 0 Å². The summed E-state index contributed by atoms with van der Waals surface area (Å²) in [6, 6.07) is 8.85. The number of aliphatic carboxylic acids is 1. The van der Waals surface area contributed by atoms with Gasteiger partial charge in [-0.15, -0.1) is 0 Å². The molecule has 6 nitrogen and oxygen atoms in total. The predicted molar refractivity (Wildman–Crippen MR) is 74.3 cm³/mol. The standard InChI is InChI=1S/C14H20N2O4/c1-15-8-7-12(9-13(17)18)16-14(19)20-10-11-5-3-2-4-6-11/h2-6,12,15H,7-10H2,1H3,(H,16,19)(H,17,18)/t12-/m0/s1. The first-order chi connectivity index (χ1) is 9.61. The third-order valence-corrected chi connectivity index (χ3v) is 2.70. The molecule has 1 amide bonds. The summed E-state index contributed by atoms with van der Waals surface area (Å²) >= 11 is 0. The lowest BCUT2D eigenvalue weighted by atomic mass is 10.1. The highest BCUT2D eigenvalue weighted by molar-refractivity contribution is 5.71. The van der Waals surface area contributed by atoms with E-state index >= 15 is 0 Å². The van der Waals surface area contributed by atoms with E-state index in [2.05, 4.69) is 10.6 Å². The molecule has 3 N–H and O–H groups in total. The molecule has 0 aliphatic heterocycles. The maximum absolute atomic E-state index is 11.6. The molecule has 0 bridgehead atoms. The van der Waals surface area contributed by atoms with Gasteiger partial charge in [-0.3, -0.25) is 4.79 Å². The summed E-state index contributed by atoms with van der Waals surface area (Å²) in [4.78, 5) is 22.3. The van der Waals surface area contributed by atoms with Crippen molar-refractivity contribution < 1.29 is 19.4 Å². The quantitative estimate of drug-likeness (QED) is 0.669. The average Bonchev–Trinajstić information content (AvgIpc) is 2.43. The van der Waals surface area contributed by atoms with Crippen LogP contribution in [0.4, 0.5) is 4.79 Å². The number of ether oxygens (including phenoxy) is 1. The van der Waals surface area contributed by atoms with Crippen molar-refractivity contribution in [1.29, 1.82) is 0 Å². The Labute approximate surface area is 118 Å². The molecule has 0 saturated carbocycles. The Morgan fingerprint density at radius 1 is 1.30 bits per heavy atom. The zero-order valence-corrected chi connectivity index (χ0v) is 11.5.